The molecule has 2 nitrogen and oxygen atoms in total. The van der Waals surface area contributed by atoms with E-state index in [0.29, 0.717) is 0 Å². The number of hydrogen-bond acceptors (Lipinski definition) is 2. The SMILES string of the molecule is Cl.Cl.c1ccc2c(CC3=NCCN3)cccc2c1. The zero-order chi connectivity index (χ0) is 10.8. The lowest BCUT2D eigenvalue weighted by molar-refractivity contribution is 0.954. The van der Waals surface area contributed by atoms with Crippen LogP contribution in [-0.4, -0.2) is 18.9 Å². The lowest BCUT2D eigenvalue weighted by Gasteiger charge is -2.06. The van der Waals surface area contributed by atoms with Crippen LogP contribution in [0.2, 0.25) is 0 Å². The third-order valence-corrected chi connectivity index (χ3v) is 2.98. The molecule has 0 fully saturated rings. The summed E-state index contributed by atoms with van der Waals surface area (Å²) in [6.45, 7) is 1.90. The van der Waals surface area contributed by atoms with Crippen molar-refractivity contribution in [3.8, 4) is 0 Å². The Bertz CT molecular complexity index is 547. The molecule has 1 aliphatic heterocycles. The predicted octanol–water partition coefficient (Wildman–Crippen LogP) is 3.23. The van der Waals surface area contributed by atoms with Gasteiger partial charge in [-0.05, 0) is 16.3 Å². The average Bonchev–Trinajstić information content (AvgIpc) is 2.82. The van der Waals surface area contributed by atoms with Gasteiger partial charge in [0.15, 0.2) is 0 Å². The van der Waals surface area contributed by atoms with Gasteiger partial charge in [-0.2, -0.15) is 0 Å². The third kappa shape index (κ3) is 2.95. The van der Waals surface area contributed by atoms with Crippen LogP contribution in [0.15, 0.2) is 47.5 Å². The van der Waals surface area contributed by atoms with E-state index in [1.54, 1.807) is 0 Å². The lowest BCUT2D eigenvalue weighted by Crippen LogP contribution is -2.20. The third-order valence-electron chi connectivity index (χ3n) is 2.98. The Morgan fingerprint density at radius 3 is 2.56 bits per heavy atom. The summed E-state index contributed by atoms with van der Waals surface area (Å²) in [5.74, 6) is 1.12. The van der Waals surface area contributed by atoms with E-state index in [2.05, 4.69) is 52.8 Å². The summed E-state index contributed by atoms with van der Waals surface area (Å²) < 4.78 is 0. The van der Waals surface area contributed by atoms with Gasteiger partial charge in [-0.25, -0.2) is 0 Å². The second-order valence-electron chi connectivity index (χ2n) is 4.07. The molecule has 0 unspecified atom stereocenters. The Morgan fingerprint density at radius 1 is 1.00 bits per heavy atom. The van der Waals surface area contributed by atoms with Crippen LogP contribution < -0.4 is 5.32 Å². The summed E-state index contributed by atoms with van der Waals surface area (Å²) in [5, 5.41) is 5.96. The second kappa shape index (κ2) is 6.62. The molecule has 2 aromatic carbocycles. The summed E-state index contributed by atoms with van der Waals surface area (Å²) in [6, 6.07) is 15.0. The first-order chi connectivity index (χ1) is 7.93. The van der Waals surface area contributed by atoms with Gasteiger partial charge in [-0.1, -0.05) is 42.5 Å². The van der Waals surface area contributed by atoms with Gasteiger partial charge in [0.25, 0.3) is 0 Å². The summed E-state index contributed by atoms with van der Waals surface area (Å²) in [6.07, 6.45) is 0.918. The molecule has 1 aliphatic rings. The molecule has 0 radical (unpaired) electrons. The molecule has 0 atom stereocenters. The molecule has 0 aromatic heterocycles. The summed E-state index contributed by atoms with van der Waals surface area (Å²) in [5.41, 5.74) is 1.35. The fourth-order valence-electron chi connectivity index (χ4n) is 2.19. The maximum atomic E-state index is 4.44. The van der Waals surface area contributed by atoms with Crippen molar-refractivity contribution in [3.05, 3.63) is 48.0 Å². The zero-order valence-electron chi connectivity index (χ0n) is 9.93. The van der Waals surface area contributed by atoms with Crippen molar-refractivity contribution >= 4 is 41.4 Å². The van der Waals surface area contributed by atoms with Crippen molar-refractivity contribution in [1.29, 1.82) is 0 Å². The Hall–Kier alpha value is -1.25. The van der Waals surface area contributed by atoms with E-state index in [0.717, 1.165) is 25.3 Å². The fraction of sp³-hybridized carbons (Fsp3) is 0.214. The van der Waals surface area contributed by atoms with Gasteiger partial charge < -0.3 is 5.32 Å². The van der Waals surface area contributed by atoms with E-state index in [4.69, 9.17) is 0 Å². The maximum Gasteiger partial charge on any atom is 0.101 e. The van der Waals surface area contributed by atoms with Gasteiger partial charge in [0.05, 0.1) is 6.54 Å². The number of benzene rings is 2. The summed E-state index contributed by atoms with van der Waals surface area (Å²) in [4.78, 5) is 4.44. The Morgan fingerprint density at radius 2 is 1.78 bits per heavy atom. The van der Waals surface area contributed by atoms with Gasteiger partial charge in [-0.3, -0.25) is 4.99 Å². The van der Waals surface area contributed by atoms with E-state index in [1.165, 1.54) is 16.3 Å². The van der Waals surface area contributed by atoms with Gasteiger partial charge in [0, 0.05) is 13.0 Å². The number of nitrogens with zero attached hydrogens (tertiary/aromatic N) is 1. The molecule has 1 N–H and O–H groups in total. The van der Waals surface area contributed by atoms with E-state index in [1.807, 2.05) is 0 Å². The molecule has 96 valence electrons. The molecule has 4 heteroatoms. The van der Waals surface area contributed by atoms with Crippen LogP contribution in [0.4, 0.5) is 0 Å². The molecule has 0 bridgehead atoms. The number of aliphatic imine (C=N–C) groups is 1. The van der Waals surface area contributed by atoms with Crippen LogP contribution in [0.5, 0.6) is 0 Å². The van der Waals surface area contributed by atoms with Crippen LogP contribution >= 0.6 is 24.8 Å². The highest BCUT2D eigenvalue weighted by molar-refractivity contribution is 5.92. The monoisotopic (exact) mass is 282 g/mol. The van der Waals surface area contributed by atoms with Crippen molar-refractivity contribution < 1.29 is 0 Å². The first kappa shape index (κ1) is 14.8. The average molecular weight is 283 g/mol. The van der Waals surface area contributed by atoms with Crippen molar-refractivity contribution in [1.82, 2.24) is 5.32 Å². The van der Waals surface area contributed by atoms with Crippen LogP contribution in [0, 0.1) is 0 Å². The highest BCUT2D eigenvalue weighted by Crippen LogP contribution is 2.19. The topological polar surface area (TPSA) is 24.4 Å². The number of nitrogens with one attached hydrogen (secondary N) is 1. The van der Waals surface area contributed by atoms with Crippen molar-refractivity contribution in [2.24, 2.45) is 4.99 Å². The molecule has 0 saturated carbocycles. The Labute approximate surface area is 119 Å². The van der Waals surface area contributed by atoms with Gasteiger partial charge in [0.2, 0.25) is 0 Å². The van der Waals surface area contributed by atoms with Gasteiger partial charge >= 0.3 is 0 Å². The highest BCUT2D eigenvalue weighted by Gasteiger charge is 2.07. The van der Waals surface area contributed by atoms with Crippen LogP contribution in [0.25, 0.3) is 10.8 Å². The standard InChI is InChI=1S/C14H14N2.2ClH/c1-2-7-13-11(4-1)5-3-6-12(13)10-14-15-8-9-16-14;;/h1-7H,8-10H2,(H,15,16);2*1H. The number of amidine groups is 1. The number of rotatable bonds is 2. The minimum atomic E-state index is 0. The molecule has 0 aliphatic carbocycles. The molecular formula is C14H16Cl2N2. The highest BCUT2D eigenvalue weighted by atomic mass is 35.5. The lowest BCUT2D eigenvalue weighted by atomic mass is 10.0. The normalized spacial score (nSPS) is 13.2. The number of fused-ring (bicyclic) bond motifs is 1. The Balaban J connectivity index is 0.000000810. The zero-order valence-corrected chi connectivity index (χ0v) is 11.6. The van der Waals surface area contributed by atoms with E-state index in [-0.39, 0.29) is 24.8 Å². The largest absolute Gasteiger partial charge is 0.372 e. The van der Waals surface area contributed by atoms with E-state index in [9.17, 15) is 0 Å². The fourth-order valence-corrected chi connectivity index (χ4v) is 2.19. The van der Waals surface area contributed by atoms with Crippen LogP contribution in [0.1, 0.15) is 5.56 Å². The van der Waals surface area contributed by atoms with Crippen LogP contribution in [0.3, 0.4) is 0 Å². The second-order valence-corrected chi connectivity index (χ2v) is 4.07. The molecule has 18 heavy (non-hydrogen) atoms. The molecule has 1 heterocycles. The first-order valence-electron chi connectivity index (χ1n) is 5.67. The van der Waals surface area contributed by atoms with E-state index < -0.39 is 0 Å². The Kier molecular flexibility index (Phi) is 5.45. The molecule has 0 amide bonds. The molecule has 0 spiro atoms. The minimum Gasteiger partial charge on any atom is -0.372 e. The van der Waals surface area contributed by atoms with E-state index >= 15 is 0 Å². The predicted molar refractivity (Wildman–Crippen MR) is 82.5 cm³/mol. The molecular weight excluding hydrogens is 267 g/mol. The van der Waals surface area contributed by atoms with Gasteiger partial charge in [0.1, 0.15) is 5.84 Å². The summed E-state index contributed by atoms with van der Waals surface area (Å²) in [7, 11) is 0. The smallest absolute Gasteiger partial charge is 0.101 e. The van der Waals surface area contributed by atoms with Crippen LogP contribution in [-0.2, 0) is 6.42 Å². The van der Waals surface area contributed by atoms with Crippen molar-refractivity contribution in [3.63, 3.8) is 0 Å². The van der Waals surface area contributed by atoms with Crippen molar-refractivity contribution in [2.45, 2.75) is 6.42 Å². The summed E-state index contributed by atoms with van der Waals surface area (Å²) >= 11 is 0. The molecule has 2 aromatic rings. The quantitative estimate of drug-likeness (QED) is 0.899. The molecule has 3 rings (SSSR count). The number of halogens is 2. The van der Waals surface area contributed by atoms with Gasteiger partial charge in [-0.15, -0.1) is 24.8 Å². The molecule has 0 saturated heterocycles. The maximum absolute atomic E-state index is 4.44. The first-order valence-corrected chi connectivity index (χ1v) is 5.67. The van der Waals surface area contributed by atoms with Crippen molar-refractivity contribution in [2.75, 3.05) is 13.1 Å². The minimum absolute atomic E-state index is 0. The number of hydrogen-bond donors (Lipinski definition) is 1.